The number of ether oxygens (including phenoxy) is 1. The topological polar surface area (TPSA) is 56.1 Å². The lowest BCUT2D eigenvalue weighted by atomic mass is 10.2. The number of hydrogen-bond donors (Lipinski definition) is 1. The minimum Gasteiger partial charge on any atom is -0.481 e. The Balaban J connectivity index is 1.68. The number of imidazole rings is 1. The molecule has 1 aromatic heterocycles. The molecule has 1 amide bonds. The van der Waals surface area contributed by atoms with Crippen LogP contribution >= 0.6 is 0 Å². The van der Waals surface area contributed by atoms with E-state index < -0.39 is 6.10 Å². The highest BCUT2D eigenvalue weighted by atomic mass is 16.5. The number of anilines is 1. The molecule has 22 heavy (non-hydrogen) atoms. The van der Waals surface area contributed by atoms with E-state index in [0.717, 1.165) is 31.0 Å². The molecule has 1 N–H and O–H groups in total. The zero-order valence-corrected chi connectivity index (χ0v) is 12.8. The number of benzene rings is 1. The van der Waals surface area contributed by atoms with Gasteiger partial charge in [-0.2, -0.15) is 0 Å². The molecule has 0 saturated heterocycles. The number of carbonyl (C=O) groups is 1. The number of nitrogens with one attached hydrogen (secondary N) is 1. The fraction of sp³-hybridized carbons (Fsp3) is 0.412. The Labute approximate surface area is 130 Å². The normalized spacial score (nSPS) is 15.0. The van der Waals surface area contributed by atoms with Crippen LogP contribution < -0.4 is 10.1 Å². The molecule has 0 spiro atoms. The molecule has 0 unspecified atom stereocenters. The van der Waals surface area contributed by atoms with Crippen molar-refractivity contribution < 1.29 is 9.53 Å². The number of aromatic nitrogens is 2. The summed E-state index contributed by atoms with van der Waals surface area (Å²) in [5, 5.41) is 2.96. The van der Waals surface area contributed by atoms with E-state index in [1.807, 2.05) is 37.3 Å². The first-order valence-electron chi connectivity index (χ1n) is 7.85. The molecule has 1 aromatic carbocycles. The molecule has 2 aromatic rings. The van der Waals surface area contributed by atoms with Gasteiger partial charge in [0, 0.05) is 13.0 Å². The van der Waals surface area contributed by atoms with Crippen LogP contribution in [0.15, 0.2) is 36.5 Å². The Hall–Kier alpha value is -2.30. The average Bonchev–Trinajstić information content (AvgIpc) is 2.97. The van der Waals surface area contributed by atoms with E-state index in [2.05, 4.69) is 14.9 Å². The van der Waals surface area contributed by atoms with Gasteiger partial charge in [0.05, 0.1) is 6.20 Å². The van der Waals surface area contributed by atoms with Gasteiger partial charge < -0.3 is 14.6 Å². The molecule has 0 saturated carbocycles. The summed E-state index contributed by atoms with van der Waals surface area (Å²) >= 11 is 0. The fourth-order valence-electron chi connectivity index (χ4n) is 2.71. The SMILES string of the molecule is CC[C@@H](Oc1ccccc1)C(=O)Nc1cnc2n1CCCC2. The summed E-state index contributed by atoms with van der Waals surface area (Å²) in [6, 6.07) is 9.43. The molecule has 0 radical (unpaired) electrons. The molecule has 1 aliphatic heterocycles. The Morgan fingerprint density at radius 3 is 2.95 bits per heavy atom. The van der Waals surface area contributed by atoms with Crippen molar-refractivity contribution in [1.29, 1.82) is 0 Å². The lowest BCUT2D eigenvalue weighted by molar-refractivity contribution is -0.122. The number of nitrogens with zero attached hydrogens (tertiary/aromatic N) is 2. The standard InChI is InChI=1S/C17H21N3O2/c1-2-14(22-13-8-4-3-5-9-13)17(21)19-16-12-18-15-10-6-7-11-20(15)16/h3-5,8-9,12,14H,2,6-7,10-11H2,1H3,(H,19,21)/t14-/m1/s1. The molecular formula is C17H21N3O2. The second kappa shape index (κ2) is 6.64. The monoisotopic (exact) mass is 299 g/mol. The van der Waals surface area contributed by atoms with Gasteiger partial charge in [0.1, 0.15) is 17.4 Å². The third kappa shape index (κ3) is 3.13. The molecule has 1 atom stereocenters. The lowest BCUT2D eigenvalue weighted by Gasteiger charge is -2.19. The smallest absolute Gasteiger partial charge is 0.266 e. The van der Waals surface area contributed by atoms with Crippen molar-refractivity contribution >= 4 is 11.7 Å². The number of fused-ring (bicyclic) bond motifs is 1. The van der Waals surface area contributed by atoms with Crippen LogP contribution in [0.5, 0.6) is 5.75 Å². The van der Waals surface area contributed by atoms with E-state index in [1.165, 1.54) is 6.42 Å². The number of hydrogen-bond acceptors (Lipinski definition) is 3. The van der Waals surface area contributed by atoms with Crippen molar-refractivity contribution in [3.63, 3.8) is 0 Å². The number of aryl methyl sites for hydroxylation is 1. The zero-order chi connectivity index (χ0) is 15.4. The summed E-state index contributed by atoms with van der Waals surface area (Å²) in [6.45, 7) is 2.86. The minimum absolute atomic E-state index is 0.125. The van der Waals surface area contributed by atoms with Gasteiger partial charge in [-0.05, 0) is 31.4 Å². The molecule has 116 valence electrons. The van der Waals surface area contributed by atoms with Gasteiger partial charge in [-0.25, -0.2) is 4.98 Å². The molecular weight excluding hydrogens is 278 g/mol. The average molecular weight is 299 g/mol. The molecule has 5 heteroatoms. The van der Waals surface area contributed by atoms with Crippen molar-refractivity contribution in [3.8, 4) is 5.75 Å². The van der Waals surface area contributed by atoms with Crippen molar-refractivity contribution in [2.45, 2.75) is 45.3 Å². The van der Waals surface area contributed by atoms with Gasteiger partial charge in [0.25, 0.3) is 5.91 Å². The number of para-hydroxylation sites is 1. The summed E-state index contributed by atoms with van der Waals surface area (Å²) in [6.07, 6.45) is 5.13. The largest absolute Gasteiger partial charge is 0.481 e. The molecule has 5 nitrogen and oxygen atoms in total. The van der Waals surface area contributed by atoms with E-state index in [1.54, 1.807) is 6.20 Å². The maximum absolute atomic E-state index is 12.5. The zero-order valence-electron chi connectivity index (χ0n) is 12.8. The Morgan fingerprint density at radius 1 is 1.36 bits per heavy atom. The van der Waals surface area contributed by atoms with E-state index in [9.17, 15) is 4.79 Å². The van der Waals surface area contributed by atoms with Crippen molar-refractivity contribution in [2.24, 2.45) is 0 Å². The summed E-state index contributed by atoms with van der Waals surface area (Å²) in [7, 11) is 0. The molecule has 0 fully saturated rings. The highest BCUT2D eigenvalue weighted by Crippen LogP contribution is 2.20. The first-order chi connectivity index (χ1) is 10.8. The predicted octanol–water partition coefficient (Wildman–Crippen LogP) is 3.02. The first-order valence-corrected chi connectivity index (χ1v) is 7.85. The van der Waals surface area contributed by atoms with E-state index >= 15 is 0 Å². The van der Waals surface area contributed by atoms with Gasteiger partial charge in [-0.1, -0.05) is 25.1 Å². The predicted molar refractivity (Wildman–Crippen MR) is 84.9 cm³/mol. The van der Waals surface area contributed by atoms with E-state index in [0.29, 0.717) is 12.2 Å². The van der Waals surface area contributed by atoms with Crippen LogP contribution in [0.1, 0.15) is 32.0 Å². The van der Waals surface area contributed by atoms with Crippen molar-refractivity contribution in [1.82, 2.24) is 9.55 Å². The van der Waals surface area contributed by atoms with Gasteiger partial charge >= 0.3 is 0 Å². The van der Waals surface area contributed by atoms with Crippen LogP contribution in [0.25, 0.3) is 0 Å². The van der Waals surface area contributed by atoms with Gasteiger partial charge in [-0.15, -0.1) is 0 Å². The van der Waals surface area contributed by atoms with Crippen LogP contribution in [0.2, 0.25) is 0 Å². The first kappa shape index (κ1) is 14.6. The maximum Gasteiger partial charge on any atom is 0.266 e. The van der Waals surface area contributed by atoms with Crippen molar-refractivity contribution in [2.75, 3.05) is 5.32 Å². The molecule has 0 bridgehead atoms. The van der Waals surface area contributed by atoms with Crippen LogP contribution in [-0.4, -0.2) is 21.6 Å². The summed E-state index contributed by atoms with van der Waals surface area (Å²) in [5.74, 6) is 2.41. The third-order valence-electron chi connectivity index (χ3n) is 3.91. The van der Waals surface area contributed by atoms with E-state index in [4.69, 9.17) is 4.74 Å². The number of amides is 1. The van der Waals surface area contributed by atoms with Crippen LogP contribution in [0.4, 0.5) is 5.82 Å². The Kier molecular flexibility index (Phi) is 4.42. The van der Waals surface area contributed by atoms with Crippen LogP contribution in [0, 0.1) is 0 Å². The Morgan fingerprint density at radius 2 is 2.18 bits per heavy atom. The highest BCUT2D eigenvalue weighted by molar-refractivity contribution is 5.93. The lowest BCUT2D eigenvalue weighted by Crippen LogP contribution is -2.33. The second-order valence-corrected chi connectivity index (χ2v) is 5.49. The van der Waals surface area contributed by atoms with Gasteiger partial charge in [0.15, 0.2) is 6.10 Å². The fourth-order valence-corrected chi connectivity index (χ4v) is 2.71. The van der Waals surface area contributed by atoms with E-state index in [-0.39, 0.29) is 5.91 Å². The quantitative estimate of drug-likeness (QED) is 0.923. The van der Waals surface area contributed by atoms with Gasteiger partial charge in [0.2, 0.25) is 0 Å². The second-order valence-electron chi connectivity index (χ2n) is 5.49. The van der Waals surface area contributed by atoms with Gasteiger partial charge in [-0.3, -0.25) is 4.79 Å². The van der Waals surface area contributed by atoms with Crippen molar-refractivity contribution in [3.05, 3.63) is 42.4 Å². The minimum atomic E-state index is -0.503. The Bertz CT molecular complexity index is 637. The molecule has 1 aliphatic rings. The van der Waals surface area contributed by atoms with Crippen LogP contribution in [0.3, 0.4) is 0 Å². The number of rotatable bonds is 5. The molecule has 2 heterocycles. The molecule has 0 aliphatic carbocycles. The summed E-state index contributed by atoms with van der Waals surface area (Å²) < 4.78 is 7.87. The summed E-state index contributed by atoms with van der Waals surface area (Å²) in [5.41, 5.74) is 0. The molecule has 3 rings (SSSR count). The highest BCUT2D eigenvalue weighted by Gasteiger charge is 2.21. The van der Waals surface area contributed by atoms with Crippen LogP contribution in [-0.2, 0) is 17.8 Å². The summed E-state index contributed by atoms with van der Waals surface area (Å²) in [4.78, 5) is 16.8. The third-order valence-corrected chi connectivity index (χ3v) is 3.91. The maximum atomic E-state index is 12.5. The number of carbonyl (C=O) groups excluding carboxylic acids is 1.